The Labute approximate surface area is 238 Å². The molecule has 0 unspecified atom stereocenters. The zero-order valence-electron chi connectivity index (χ0n) is 21.0. The summed E-state index contributed by atoms with van der Waals surface area (Å²) >= 11 is 12.4. The molecule has 2 N–H and O–H groups in total. The SMILES string of the molecule is O=C(O)c1ccc(N2C[C@H]3[C@@H](C2=O)[C@H](c2ccnc(Cl)c2F)[C@]2(C(=O)Nc4cc(Cl)ccc42)N3CC2CC2)cc1. The normalized spacial score (nSPS) is 27.3. The molecule has 2 saturated heterocycles. The maximum Gasteiger partial charge on any atom is 0.335 e. The molecule has 8 nitrogen and oxygen atoms in total. The fourth-order valence-corrected chi connectivity index (χ4v) is 7.28. The van der Waals surface area contributed by atoms with Gasteiger partial charge >= 0.3 is 5.97 Å². The minimum absolute atomic E-state index is 0.106. The molecule has 1 aliphatic carbocycles. The van der Waals surface area contributed by atoms with E-state index in [0.29, 0.717) is 34.4 Å². The topological polar surface area (TPSA) is 103 Å². The van der Waals surface area contributed by atoms with E-state index in [1.807, 2.05) is 0 Å². The number of hydrogen-bond donors (Lipinski definition) is 2. The number of halogens is 3. The Bertz CT molecular complexity index is 1600. The molecule has 0 radical (unpaired) electrons. The number of hydrogen-bond acceptors (Lipinski definition) is 5. The van der Waals surface area contributed by atoms with Crippen LogP contribution >= 0.6 is 23.2 Å². The van der Waals surface area contributed by atoms with Gasteiger partial charge in [0.15, 0.2) is 11.0 Å². The fraction of sp³-hybridized carbons (Fsp3) is 0.310. The van der Waals surface area contributed by atoms with Crippen LogP contribution in [0.1, 0.15) is 40.2 Å². The van der Waals surface area contributed by atoms with Crippen LogP contribution in [0.25, 0.3) is 0 Å². The van der Waals surface area contributed by atoms with Crippen LogP contribution in [-0.2, 0) is 15.1 Å². The third-order valence-electron chi connectivity index (χ3n) is 8.77. The third kappa shape index (κ3) is 3.54. The van der Waals surface area contributed by atoms with E-state index in [0.717, 1.165) is 12.8 Å². The molecule has 3 fully saturated rings. The average molecular weight is 581 g/mol. The molecular weight excluding hydrogens is 558 g/mol. The van der Waals surface area contributed by atoms with E-state index in [9.17, 15) is 19.5 Å². The van der Waals surface area contributed by atoms with E-state index < -0.39 is 35.2 Å². The van der Waals surface area contributed by atoms with Crippen molar-refractivity contribution in [2.24, 2.45) is 11.8 Å². The van der Waals surface area contributed by atoms with Gasteiger partial charge in [0.1, 0.15) is 5.54 Å². The zero-order valence-corrected chi connectivity index (χ0v) is 22.5. The number of nitrogens with zero attached hydrogens (tertiary/aromatic N) is 3. The number of aromatic nitrogens is 1. The predicted molar refractivity (Wildman–Crippen MR) is 146 cm³/mol. The lowest BCUT2D eigenvalue weighted by Crippen LogP contribution is -2.54. The van der Waals surface area contributed by atoms with Gasteiger partial charge in [-0.25, -0.2) is 14.2 Å². The Morgan fingerprint density at radius 3 is 2.58 bits per heavy atom. The van der Waals surface area contributed by atoms with Crippen LogP contribution in [0.5, 0.6) is 0 Å². The standard InChI is InChI=1S/C29H23Cl2FN4O4/c30-16-5-8-19-20(11-16)34-28(40)29(19)23(18-9-10-33-25(31)24(18)32)22-21(36(29)12-14-1-2-14)13-35(26(22)37)17-6-3-15(4-7-17)27(38)39/h3-11,14,21-23H,1-2,12-13H2,(H,34,40)(H,38,39)/t21-,22+,23-,29+/m0/s1. The number of carbonyl (C=O) groups excluding carboxylic acids is 2. The number of nitrogens with one attached hydrogen (secondary N) is 1. The van der Waals surface area contributed by atoms with Crippen LogP contribution < -0.4 is 10.2 Å². The molecule has 204 valence electrons. The molecule has 3 aliphatic heterocycles. The molecule has 0 bridgehead atoms. The Morgan fingerprint density at radius 1 is 1.12 bits per heavy atom. The fourth-order valence-electron chi connectivity index (χ4n) is 6.94. The van der Waals surface area contributed by atoms with Gasteiger partial charge in [0, 0.05) is 53.2 Å². The monoisotopic (exact) mass is 580 g/mol. The number of amides is 2. The summed E-state index contributed by atoms with van der Waals surface area (Å²) in [6, 6.07) is 12.4. The van der Waals surface area contributed by atoms with Gasteiger partial charge in [-0.3, -0.25) is 14.5 Å². The van der Waals surface area contributed by atoms with E-state index in [1.165, 1.54) is 24.4 Å². The lowest BCUT2D eigenvalue weighted by Gasteiger charge is -2.41. The number of pyridine rings is 1. The molecule has 1 saturated carbocycles. The summed E-state index contributed by atoms with van der Waals surface area (Å²) in [5.41, 5.74) is 0.631. The maximum atomic E-state index is 15.8. The van der Waals surface area contributed by atoms with E-state index in [4.69, 9.17) is 23.2 Å². The van der Waals surface area contributed by atoms with Crippen molar-refractivity contribution >= 4 is 52.4 Å². The molecular formula is C29H23Cl2FN4O4. The number of likely N-dealkylation sites (tertiary alicyclic amines) is 1. The van der Waals surface area contributed by atoms with Gasteiger partial charge in [-0.05, 0) is 66.8 Å². The minimum atomic E-state index is -1.36. The first-order chi connectivity index (χ1) is 19.2. The van der Waals surface area contributed by atoms with Crippen molar-refractivity contribution in [2.45, 2.75) is 30.3 Å². The van der Waals surface area contributed by atoms with Crippen molar-refractivity contribution in [2.75, 3.05) is 23.3 Å². The van der Waals surface area contributed by atoms with Crippen LogP contribution in [0.2, 0.25) is 10.2 Å². The molecule has 4 atom stereocenters. The average Bonchev–Trinajstić information content (AvgIpc) is 3.55. The van der Waals surface area contributed by atoms with Crippen LogP contribution in [0.4, 0.5) is 15.8 Å². The second-order valence-corrected chi connectivity index (χ2v) is 11.7. The van der Waals surface area contributed by atoms with Crippen molar-refractivity contribution < 1.29 is 23.9 Å². The van der Waals surface area contributed by atoms with Crippen LogP contribution in [0, 0.1) is 17.7 Å². The highest BCUT2D eigenvalue weighted by Gasteiger charge is 2.71. The third-order valence-corrected chi connectivity index (χ3v) is 9.27. The van der Waals surface area contributed by atoms with Gasteiger partial charge in [0.25, 0.3) is 0 Å². The highest BCUT2D eigenvalue weighted by Crippen LogP contribution is 2.62. The molecule has 1 spiro atoms. The quantitative estimate of drug-likeness (QED) is 0.415. The van der Waals surface area contributed by atoms with Gasteiger partial charge in [0.05, 0.1) is 11.5 Å². The van der Waals surface area contributed by atoms with Gasteiger partial charge in [-0.15, -0.1) is 0 Å². The second-order valence-electron chi connectivity index (χ2n) is 10.9. The summed E-state index contributed by atoms with van der Waals surface area (Å²) in [6.07, 6.45) is 3.41. The molecule has 11 heteroatoms. The van der Waals surface area contributed by atoms with Crippen molar-refractivity contribution in [3.05, 3.63) is 87.4 Å². The van der Waals surface area contributed by atoms with Gasteiger partial charge in [-0.1, -0.05) is 29.3 Å². The van der Waals surface area contributed by atoms with Crippen LogP contribution in [0.15, 0.2) is 54.7 Å². The van der Waals surface area contributed by atoms with E-state index in [-0.39, 0.29) is 34.6 Å². The smallest absolute Gasteiger partial charge is 0.335 e. The molecule has 3 aromatic rings. The van der Waals surface area contributed by atoms with Crippen molar-refractivity contribution in [3.63, 3.8) is 0 Å². The molecule has 1 aromatic heterocycles. The van der Waals surface area contributed by atoms with Crippen molar-refractivity contribution in [3.8, 4) is 0 Å². The summed E-state index contributed by atoms with van der Waals surface area (Å²) in [7, 11) is 0. The summed E-state index contributed by atoms with van der Waals surface area (Å²) in [4.78, 5) is 47.5. The first-order valence-corrected chi connectivity index (χ1v) is 13.8. The van der Waals surface area contributed by atoms with Gasteiger partial charge in [0.2, 0.25) is 11.8 Å². The Hall–Kier alpha value is -3.53. The lowest BCUT2D eigenvalue weighted by atomic mass is 9.71. The molecule has 4 aliphatic rings. The number of carboxylic acids is 1. The molecule has 40 heavy (non-hydrogen) atoms. The van der Waals surface area contributed by atoms with Gasteiger partial charge < -0.3 is 15.3 Å². The first-order valence-electron chi connectivity index (χ1n) is 13.0. The van der Waals surface area contributed by atoms with E-state index in [2.05, 4.69) is 15.2 Å². The summed E-state index contributed by atoms with van der Waals surface area (Å²) in [5, 5.41) is 12.4. The lowest BCUT2D eigenvalue weighted by molar-refractivity contribution is -0.128. The summed E-state index contributed by atoms with van der Waals surface area (Å²) in [6.45, 7) is 0.824. The number of carbonyl (C=O) groups is 3. The zero-order chi connectivity index (χ0) is 27.9. The summed E-state index contributed by atoms with van der Waals surface area (Å²) in [5.74, 6) is -3.75. The Morgan fingerprint density at radius 2 is 1.88 bits per heavy atom. The summed E-state index contributed by atoms with van der Waals surface area (Å²) < 4.78 is 15.8. The molecule has 7 rings (SSSR count). The highest BCUT2D eigenvalue weighted by molar-refractivity contribution is 6.31. The molecule has 2 amide bonds. The van der Waals surface area contributed by atoms with E-state index >= 15 is 4.39 Å². The number of aromatic carboxylic acids is 1. The van der Waals surface area contributed by atoms with Crippen molar-refractivity contribution in [1.29, 1.82) is 0 Å². The number of fused-ring (bicyclic) bond motifs is 3. The van der Waals surface area contributed by atoms with Gasteiger partial charge in [-0.2, -0.15) is 0 Å². The van der Waals surface area contributed by atoms with Crippen LogP contribution in [0.3, 0.4) is 0 Å². The Balaban J connectivity index is 1.43. The van der Waals surface area contributed by atoms with Crippen molar-refractivity contribution in [1.82, 2.24) is 9.88 Å². The van der Waals surface area contributed by atoms with E-state index in [1.54, 1.807) is 35.2 Å². The Kier molecular flexibility index (Phi) is 5.72. The number of carboxylic acid groups (broad SMARTS) is 1. The maximum absolute atomic E-state index is 15.8. The second kappa shape index (κ2) is 8.99. The number of rotatable bonds is 5. The first kappa shape index (κ1) is 25.4. The largest absolute Gasteiger partial charge is 0.478 e. The number of benzene rings is 2. The number of anilines is 2. The minimum Gasteiger partial charge on any atom is -0.478 e. The van der Waals surface area contributed by atoms with Crippen LogP contribution in [-0.4, -0.2) is 51.9 Å². The predicted octanol–water partition coefficient (Wildman–Crippen LogP) is 4.91. The molecule has 4 heterocycles. The molecule has 2 aromatic carbocycles. The highest BCUT2D eigenvalue weighted by atomic mass is 35.5.